The first-order valence-electron chi connectivity index (χ1n) is 6.68. The summed E-state index contributed by atoms with van der Waals surface area (Å²) in [5, 5.41) is 22.4. The van der Waals surface area contributed by atoms with Gasteiger partial charge in [-0.2, -0.15) is 5.10 Å². The quantitative estimate of drug-likeness (QED) is 0.581. The Balaban J connectivity index is 2.32. The molecule has 2 amide bonds. The number of nitro groups is 1. The number of rotatable bonds is 4. The smallest absolute Gasteiger partial charge is 0.273 e. The third-order valence-corrected chi connectivity index (χ3v) is 3.30. The highest BCUT2D eigenvalue weighted by Gasteiger charge is 2.21. The minimum absolute atomic E-state index is 0.0649. The van der Waals surface area contributed by atoms with Crippen LogP contribution in [0.1, 0.15) is 32.0 Å². The number of aryl methyl sites for hydroxylation is 2. The molecule has 0 aliphatic heterocycles. The zero-order chi connectivity index (χ0) is 17.1. The van der Waals surface area contributed by atoms with E-state index in [1.807, 2.05) is 0 Å². The first-order valence-corrected chi connectivity index (χ1v) is 6.68. The number of carbonyl (C=O) groups excluding carboxylic acids is 2. The Morgan fingerprint density at radius 3 is 2.57 bits per heavy atom. The number of hydrogen-bond acceptors (Lipinski definition) is 5. The molecule has 0 aliphatic carbocycles. The van der Waals surface area contributed by atoms with Crippen molar-refractivity contribution in [3.63, 3.8) is 0 Å². The molecule has 0 bridgehead atoms. The van der Waals surface area contributed by atoms with Crippen LogP contribution in [0.3, 0.4) is 0 Å². The summed E-state index contributed by atoms with van der Waals surface area (Å²) in [6.45, 7) is 3.23. The van der Waals surface area contributed by atoms with E-state index in [2.05, 4.69) is 20.8 Å². The third kappa shape index (κ3) is 3.18. The van der Waals surface area contributed by atoms with E-state index in [1.165, 1.54) is 25.2 Å². The van der Waals surface area contributed by atoms with E-state index in [9.17, 15) is 19.7 Å². The maximum atomic E-state index is 12.3. The summed E-state index contributed by atoms with van der Waals surface area (Å²) in [7, 11) is 1.46. The van der Waals surface area contributed by atoms with Crippen LogP contribution in [0.2, 0.25) is 0 Å². The van der Waals surface area contributed by atoms with Gasteiger partial charge in [-0.05, 0) is 19.9 Å². The first-order chi connectivity index (χ1) is 10.8. The molecule has 0 atom stereocenters. The fourth-order valence-electron chi connectivity index (χ4n) is 2.05. The zero-order valence-corrected chi connectivity index (χ0v) is 12.8. The molecular formula is C14H15N5O4. The summed E-state index contributed by atoms with van der Waals surface area (Å²) in [4.78, 5) is 34.5. The molecule has 2 aromatic rings. The van der Waals surface area contributed by atoms with Gasteiger partial charge in [-0.15, -0.1) is 0 Å². The Morgan fingerprint density at radius 2 is 1.96 bits per heavy atom. The van der Waals surface area contributed by atoms with Crippen molar-refractivity contribution >= 4 is 23.3 Å². The van der Waals surface area contributed by atoms with Crippen molar-refractivity contribution in [1.82, 2.24) is 15.5 Å². The molecule has 23 heavy (non-hydrogen) atoms. The Kier molecular flexibility index (Phi) is 4.39. The van der Waals surface area contributed by atoms with Crippen LogP contribution in [-0.4, -0.2) is 34.0 Å². The van der Waals surface area contributed by atoms with Crippen molar-refractivity contribution in [1.29, 1.82) is 0 Å². The SMILES string of the molecule is CNC(=O)c1c(NC(=O)c2ccc(C)c([N+](=O)[O-])c2)n[nH]c1C. The molecule has 120 valence electrons. The van der Waals surface area contributed by atoms with Crippen molar-refractivity contribution in [2.75, 3.05) is 12.4 Å². The molecule has 0 saturated carbocycles. The molecule has 0 saturated heterocycles. The lowest BCUT2D eigenvalue weighted by molar-refractivity contribution is -0.385. The van der Waals surface area contributed by atoms with Crippen LogP contribution in [0.4, 0.5) is 11.5 Å². The number of hydrogen-bond donors (Lipinski definition) is 3. The van der Waals surface area contributed by atoms with Crippen LogP contribution in [0.5, 0.6) is 0 Å². The number of H-pyrrole nitrogens is 1. The Bertz CT molecular complexity index is 796. The normalized spacial score (nSPS) is 10.2. The summed E-state index contributed by atoms with van der Waals surface area (Å²) >= 11 is 0. The number of nitrogens with zero attached hydrogens (tertiary/aromatic N) is 2. The van der Waals surface area contributed by atoms with Crippen molar-refractivity contribution < 1.29 is 14.5 Å². The number of aromatic nitrogens is 2. The lowest BCUT2D eigenvalue weighted by Gasteiger charge is -2.06. The minimum atomic E-state index is -0.593. The van der Waals surface area contributed by atoms with Crippen LogP contribution in [0, 0.1) is 24.0 Å². The highest BCUT2D eigenvalue weighted by atomic mass is 16.6. The van der Waals surface area contributed by atoms with Crippen molar-refractivity contribution in [3.8, 4) is 0 Å². The minimum Gasteiger partial charge on any atom is -0.355 e. The van der Waals surface area contributed by atoms with Gasteiger partial charge in [0.05, 0.1) is 4.92 Å². The number of amides is 2. The largest absolute Gasteiger partial charge is 0.355 e. The fraction of sp³-hybridized carbons (Fsp3) is 0.214. The average molecular weight is 317 g/mol. The van der Waals surface area contributed by atoms with Crippen molar-refractivity contribution in [2.24, 2.45) is 0 Å². The van der Waals surface area contributed by atoms with Gasteiger partial charge in [0.25, 0.3) is 17.5 Å². The van der Waals surface area contributed by atoms with Crippen molar-refractivity contribution in [2.45, 2.75) is 13.8 Å². The zero-order valence-electron chi connectivity index (χ0n) is 12.8. The van der Waals surface area contributed by atoms with Crippen LogP contribution < -0.4 is 10.6 Å². The predicted molar refractivity (Wildman–Crippen MR) is 82.5 cm³/mol. The summed E-state index contributed by atoms with van der Waals surface area (Å²) in [6, 6.07) is 4.14. The number of aromatic amines is 1. The Hall–Kier alpha value is -3.23. The first kappa shape index (κ1) is 16.1. The second kappa shape index (κ2) is 6.26. The lowest BCUT2D eigenvalue weighted by atomic mass is 10.1. The summed E-state index contributed by atoms with van der Waals surface area (Å²) in [5.74, 6) is -0.929. The van der Waals surface area contributed by atoms with Gasteiger partial charge in [-0.3, -0.25) is 24.8 Å². The van der Waals surface area contributed by atoms with E-state index in [1.54, 1.807) is 13.8 Å². The summed E-state index contributed by atoms with van der Waals surface area (Å²) in [5.41, 5.74) is 1.11. The van der Waals surface area contributed by atoms with Gasteiger partial charge in [0.15, 0.2) is 5.82 Å². The van der Waals surface area contributed by atoms with Gasteiger partial charge in [0.1, 0.15) is 5.56 Å². The van der Waals surface area contributed by atoms with E-state index in [-0.39, 0.29) is 22.6 Å². The maximum absolute atomic E-state index is 12.3. The van der Waals surface area contributed by atoms with E-state index in [0.29, 0.717) is 11.3 Å². The summed E-state index contributed by atoms with van der Waals surface area (Å²) < 4.78 is 0. The number of anilines is 1. The average Bonchev–Trinajstić information content (AvgIpc) is 2.87. The van der Waals surface area contributed by atoms with E-state index >= 15 is 0 Å². The molecule has 0 radical (unpaired) electrons. The number of nitrogens with one attached hydrogen (secondary N) is 3. The molecule has 0 fully saturated rings. The summed E-state index contributed by atoms with van der Waals surface area (Å²) in [6.07, 6.45) is 0. The molecule has 1 heterocycles. The van der Waals surface area contributed by atoms with E-state index in [0.717, 1.165) is 0 Å². The number of carbonyl (C=O) groups is 2. The maximum Gasteiger partial charge on any atom is 0.273 e. The molecular weight excluding hydrogens is 302 g/mol. The molecule has 0 unspecified atom stereocenters. The van der Waals surface area contributed by atoms with Gasteiger partial charge < -0.3 is 10.6 Å². The van der Waals surface area contributed by atoms with Crippen molar-refractivity contribution in [3.05, 3.63) is 50.7 Å². The molecule has 1 aromatic heterocycles. The fourth-order valence-corrected chi connectivity index (χ4v) is 2.05. The topological polar surface area (TPSA) is 130 Å². The predicted octanol–water partition coefficient (Wildman–Crippen LogP) is 1.55. The Labute approximate surface area is 131 Å². The highest BCUT2D eigenvalue weighted by Crippen LogP contribution is 2.21. The van der Waals surface area contributed by atoms with Crippen LogP contribution in [0.25, 0.3) is 0 Å². The lowest BCUT2D eigenvalue weighted by Crippen LogP contribution is -2.21. The van der Waals surface area contributed by atoms with Gasteiger partial charge in [0, 0.05) is 29.9 Å². The van der Waals surface area contributed by atoms with Crippen LogP contribution >= 0.6 is 0 Å². The third-order valence-electron chi connectivity index (χ3n) is 3.30. The standard InChI is InChI=1S/C14H15N5O4/c1-7-4-5-9(6-10(7)19(22)23)13(20)16-12-11(14(21)15-3)8(2)17-18-12/h4-6H,1-3H3,(H,15,21)(H2,16,17,18,20). The molecule has 3 N–H and O–H groups in total. The van der Waals surface area contributed by atoms with E-state index in [4.69, 9.17) is 0 Å². The van der Waals surface area contributed by atoms with Gasteiger partial charge in [0.2, 0.25) is 0 Å². The van der Waals surface area contributed by atoms with Crippen LogP contribution in [0.15, 0.2) is 18.2 Å². The molecule has 0 aliphatic rings. The van der Waals surface area contributed by atoms with Gasteiger partial charge >= 0.3 is 0 Å². The van der Waals surface area contributed by atoms with E-state index < -0.39 is 16.7 Å². The monoisotopic (exact) mass is 317 g/mol. The highest BCUT2D eigenvalue weighted by molar-refractivity contribution is 6.08. The molecule has 2 rings (SSSR count). The molecule has 0 spiro atoms. The molecule has 1 aromatic carbocycles. The second-order valence-electron chi connectivity index (χ2n) is 4.86. The second-order valence-corrected chi connectivity index (χ2v) is 4.86. The van der Waals surface area contributed by atoms with Crippen LogP contribution in [-0.2, 0) is 0 Å². The van der Waals surface area contributed by atoms with Gasteiger partial charge in [-0.25, -0.2) is 0 Å². The molecule has 9 heteroatoms. The number of nitro benzene ring substituents is 1. The number of benzene rings is 1. The Morgan fingerprint density at radius 1 is 1.26 bits per heavy atom. The van der Waals surface area contributed by atoms with Gasteiger partial charge in [-0.1, -0.05) is 6.07 Å². The molecule has 9 nitrogen and oxygen atoms in total.